The molecule has 0 fully saturated rings. The van der Waals surface area contributed by atoms with Crippen molar-refractivity contribution in [1.29, 1.82) is 10.5 Å². The Kier molecular flexibility index (Phi) is 6.22. The minimum atomic E-state index is 0.599. The van der Waals surface area contributed by atoms with Crippen molar-refractivity contribution in [2.45, 2.75) is 0 Å². The number of hydrogen-bond acceptors (Lipinski definition) is 2. The molecule has 4 heteroatoms. The van der Waals surface area contributed by atoms with Crippen LogP contribution >= 0.6 is 0 Å². The van der Waals surface area contributed by atoms with Gasteiger partial charge < -0.3 is 9.13 Å². The molecule has 9 rings (SSSR count). The molecule has 2 aromatic heterocycles. The van der Waals surface area contributed by atoms with E-state index in [1.54, 1.807) is 0 Å². The van der Waals surface area contributed by atoms with Crippen LogP contribution in [0.4, 0.5) is 0 Å². The molecule has 9 aromatic rings. The smallest absolute Gasteiger partial charge is 0.0991 e. The molecule has 0 unspecified atom stereocenters. The van der Waals surface area contributed by atoms with Gasteiger partial charge in [-0.15, -0.1) is 0 Å². The lowest BCUT2D eigenvalue weighted by molar-refractivity contribution is 1.18. The van der Waals surface area contributed by atoms with Crippen LogP contribution in [0.15, 0.2) is 158 Å². The summed E-state index contributed by atoms with van der Waals surface area (Å²) in [6.07, 6.45) is 0. The van der Waals surface area contributed by atoms with E-state index in [4.69, 9.17) is 0 Å². The van der Waals surface area contributed by atoms with E-state index >= 15 is 0 Å². The van der Waals surface area contributed by atoms with Gasteiger partial charge in [-0.2, -0.15) is 10.5 Å². The molecule has 48 heavy (non-hydrogen) atoms. The number of benzene rings is 7. The van der Waals surface area contributed by atoms with Crippen LogP contribution in [0, 0.1) is 22.7 Å². The van der Waals surface area contributed by atoms with Crippen molar-refractivity contribution in [1.82, 2.24) is 9.13 Å². The van der Waals surface area contributed by atoms with Gasteiger partial charge in [0.1, 0.15) is 0 Å². The van der Waals surface area contributed by atoms with Crippen LogP contribution in [0.3, 0.4) is 0 Å². The molecule has 0 radical (unpaired) electrons. The first-order chi connectivity index (χ1) is 23.7. The van der Waals surface area contributed by atoms with Crippen LogP contribution in [-0.2, 0) is 0 Å². The highest BCUT2D eigenvalue weighted by Gasteiger charge is 2.17. The second kappa shape index (κ2) is 10.9. The van der Waals surface area contributed by atoms with Gasteiger partial charge >= 0.3 is 0 Å². The van der Waals surface area contributed by atoms with Crippen LogP contribution < -0.4 is 0 Å². The van der Waals surface area contributed by atoms with Gasteiger partial charge in [0.15, 0.2) is 0 Å². The summed E-state index contributed by atoms with van der Waals surface area (Å²) in [6, 6.07) is 59.0. The first kappa shape index (κ1) is 27.4. The maximum atomic E-state index is 9.91. The Morgan fingerprint density at radius 1 is 0.375 bits per heavy atom. The zero-order chi connectivity index (χ0) is 32.2. The molecular weight excluding hydrogens is 585 g/mol. The van der Waals surface area contributed by atoms with Gasteiger partial charge in [0.05, 0.1) is 51.0 Å². The van der Waals surface area contributed by atoms with Gasteiger partial charge in [-0.05, 0) is 89.5 Å². The number of para-hydroxylation sites is 3. The largest absolute Gasteiger partial charge is 0.309 e. The highest BCUT2D eigenvalue weighted by Crippen LogP contribution is 2.38. The van der Waals surface area contributed by atoms with E-state index in [0.29, 0.717) is 11.1 Å². The van der Waals surface area contributed by atoms with Crippen molar-refractivity contribution >= 4 is 43.6 Å². The summed E-state index contributed by atoms with van der Waals surface area (Å²) < 4.78 is 4.57. The molecule has 2 heterocycles. The number of fused-ring (bicyclic) bond motifs is 6. The molecule has 222 valence electrons. The predicted octanol–water partition coefficient (Wildman–Crippen LogP) is 11.0. The number of hydrogen-bond donors (Lipinski definition) is 0. The summed E-state index contributed by atoms with van der Waals surface area (Å²) in [6.45, 7) is 0. The molecule has 0 saturated carbocycles. The monoisotopic (exact) mass is 610 g/mol. The highest BCUT2D eigenvalue weighted by molar-refractivity contribution is 6.11. The summed E-state index contributed by atoms with van der Waals surface area (Å²) in [5.41, 5.74) is 11.9. The second-order valence-corrected chi connectivity index (χ2v) is 12.0. The Hall–Kier alpha value is -6.88. The van der Waals surface area contributed by atoms with Crippen molar-refractivity contribution in [2.75, 3.05) is 0 Å². The average molecular weight is 611 g/mol. The number of aromatic nitrogens is 2. The molecule has 0 saturated heterocycles. The molecule has 0 aliphatic heterocycles. The Bertz CT molecular complexity index is 2750. The molecule has 0 spiro atoms. The SMILES string of the molecule is N#Cc1ccc(-n2c3ccccc3c3cc(C#N)ccc32)c(-c2cccc(-c3ccc(-n4c5ccccc5c5ccccc54)cc3)c2)c1. The number of rotatable bonds is 4. The lowest BCUT2D eigenvalue weighted by Crippen LogP contribution is -1.98. The van der Waals surface area contributed by atoms with Gasteiger partial charge in [0.2, 0.25) is 0 Å². The second-order valence-electron chi connectivity index (χ2n) is 12.0. The molecule has 0 aliphatic rings. The van der Waals surface area contributed by atoms with E-state index in [-0.39, 0.29) is 0 Å². The van der Waals surface area contributed by atoms with E-state index in [2.05, 4.69) is 130 Å². The van der Waals surface area contributed by atoms with Crippen LogP contribution in [-0.4, -0.2) is 9.13 Å². The lowest BCUT2D eigenvalue weighted by atomic mass is 9.96. The van der Waals surface area contributed by atoms with Crippen molar-refractivity contribution in [2.24, 2.45) is 0 Å². The van der Waals surface area contributed by atoms with Crippen LogP contribution in [0.1, 0.15) is 11.1 Å². The zero-order valence-corrected chi connectivity index (χ0v) is 25.8. The van der Waals surface area contributed by atoms with E-state index in [9.17, 15) is 10.5 Å². The third-order valence-electron chi connectivity index (χ3n) is 9.38. The van der Waals surface area contributed by atoms with E-state index in [1.807, 2.05) is 48.5 Å². The van der Waals surface area contributed by atoms with Gasteiger partial charge in [-0.3, -0.25) is 0 Å². The fourth-order valence-electron chi connectivity index (χ4n) is 7.20. The summed E-state index contributed by atoms with van der Waals surface area (Å²) in [4.78, 5) is 0. The fraction of sp³-hybridized carbons (Fsp3) is 0. The normalized spacial score (nSPS) is 11.3. The molecule has 0 N–H and O–H groups in total. The molecular formula is C44H26N4. The van der Waals surface area contributed by atoms with E-state index < -0.39 is 0 Å². The van der Waals surface area contributed by atoms with Crippen molar-refractivity contribution in [3.63, 3.8) is 0 Å². The summed E-state index contributed by atoms with van der Waals surface area (Å²) in [7, 11) is 0. The summed E-state index contributed by atoms with van der Waals surface area (Å²) >= 11 is 0. The molecule has 0 amide bonds. The number of nitriles is 2. The topological polar surface area (TPSA) is 57.4 Å². The van der Waals surface area contributed by atoms with Crippen molar-refractivity contribution in [3.8, 4) is 45.8 Å². The number of nitrogens with zero attached hydrogens (tertiary/aromatic N) is 4. The Morgan fingerprint density at radius 2 is 0.917 bits per heavy atom. The molecule has 0 bridgehead atoms. The van der Waals surface area contributed by atoms with Crippen LogP contribution in [0.25, 0.3) is 77.2 Å². The molecule has 4 nitrogen and oxygen atoms in total. The quantitative estimate of drug-likeness (QED) is 0.199. The lowest BCUT2D eigenvalue weighted by Gasteiger charge is -2.15. The van der Waals surface area contributed by atoms with Crippen molar-refractivity contribution in [3.05, 3.63) is 169 Å². The zero-order valence-electron chi connectivity index (χ0n) is 25.8. The van der Waals surface area contributed by atoms with Gasteiger partial charge in [0.25, 0.3) is 0 Å². The van der Waals surface area contributed by atoms with Crippen molar-refractivity contribution < 1.29 is 0 Å². The Labute approximate surface area is 277 Å². The maximum Gasteiger partial charge on any atom is 0.0991 e. The molecule has 0 aliphatic carbocycles. The van der Waals surface area contributed by atoms with E-state index in [1.165, 1.54) is 21.8 Å². The predicted molar refractivity (Wildman–Crippen MR) is 195 cm³/mol. The Balaban J connectivity index is 1.18. The van der Waals surface area contributed by atoms with Gasteiger partial charge in [-0.25, -0.2) is 0 Å². The van der Waals surface area contributed by atoms with Gasteiger partial charge in [0, 0.05) is 32.8 Å². The Morgan fingerprint density at radius 3 is 1.58 bits per heavy atom. The minimum absolute atomic E-state index is 0.599. The third kappa shape index (κ3) is 4.22. The van der Waals surface area contributed by atoms with Crippen LogP contribution in [0.2, 0.25) is 0 Å². The first-order valence-electron chi connectivity index (χ1n) is 15.9. The summed E-state index contributed by atoms with van der Waals surface area (Å²) in [5, 5.41) is 24.1. The fourth-order valence-corrected chi connectivity index (χ4v) is 7.20. The maximum absolute atomic E-state index is 9.91. The van der Waals surface area contributed by atoms with E-state index in [0.717, 1.165) is 55.4 Å². The highest BCUT2D eigenvalue weighted by atomic mass is 15.0. The standard InChI is InChI=1S/C44H26N4/c45-27-29-16-22-43(48-42-15-6-3-12-37(42)39-25-30(28-46)17-23-44(39)48)38(24-29)33-9-7-8-32(26-33)31-18-20-34(21-19-31)47-40-13-4-1-10-35(40)36-11-2-5-14-41(36)47/h1-26H. The molecule has 0 atom stereocenters. The minimum Gasteiger partial charge on any atom is -0.309 e. The van der Waals surface area contributed by atoms with Gasteiger partial charge in [-0.1, -0.05) is 84.9 Å². The molecule has 7 aromatic carbocycles. The summed E-state index contributed by atoms with van der Waals surface area (Å²) in [5.74, 6) is 0. The van der Waals surface area contributed by atoms with Crippen LogP contribution in [0.5, 0.6) is 0 Å². The first-order valence-corrected chi connectivity index (χ1v) is 15.9. The third-order valence-corrected chi connectivity index (χ3v) is 9.38. The average Bonchev–Trinajstić information content (AvgIpc) is 3.67.